The lowest BCUT2D eigenvalue weighted by atomic mass is 10.0. The molecule has 1 atom stereocenters. The summed E-state index contributed by atoms with van der Waals surface area (Å²) in [7, 11) is 1.99. The summed E-state index contributed by atoms with van der Waals surface area (Å²) in [5, 5.41) is 9.17. The molecule has 3 nitrogen and oxygen atoms in total. The van der Waals surface area contributed by atoms with E-state index in [1.54, 1.807) is 0 Å². The Morgan fingerprint density at radius 1 is 1.41 bits per heavy atom. The van der Waals surface area contributed by atoms with Crippen LogP contribution in [0.15, 0.2) is 30.3 Å². The van der Waals surface area contributed by atoms with Crippen LogP contribution in [-0.4, -0.2) is 29.6 Å². The van der Waals surface area contributed by atoms with Gasteiger partial charge in [-0.05, 0) is 31.4 Å². The fourth-order valence-corrected chi connectivity index (χ4v) is 2.22. The topological polar surface area (TPSA) is 40.5 Å². The minimum Gasteiger partial charge on any atom is -0.481 e. The van der Waals surface area contributed by atoms with Crippen molar-refractivity contribution >= 4 is 5.97 Å². The van der Waals surface area contributed by atoms with Crippen molar-refractivity contribution in [2.45, 2.75) is 19.4 Å². The molecule has 0 aromatic heterocycles. The summed E-state index contributed by atoms with van der Waals surface area (Å²) in [5.74, 6) is -0.429. The van der Waals surface area contributed by atoms with Crippen LogP contribution in [0, 0.1) is 11.8 Å². The molecule has 0 aliphatic heterocycles. The molecule has 17 heavy (non-hydrogen) atoms. The molecule has 1 aromatic rings. The molecule has 1 aromatic carbocycles. The van der Waals surface area contributed by atoms with Gasteiger partial charge in [0.25, 0.3) is 0 Å². The van der Waals surface area contributed by atoms with Gasteiger partial charge in [-0.3, -0.25) is 4.79 Å². The van der Waals surface area contributed by atoms with Gasteiger partial charge in [0.05, 0.1) is 5.92 Å². The Morgan fingerprint density at radius 2 is 2.06 bits per heavy atom. The average molecular weight is 233 g/mol. The highest BCUT2D eigenvalue weighted by Gasteiger charge is 2.36. The Morgan fingerprint density at radius 3 is 2.59 bits per heavy atom. The Bertz CT molecular complexity index is 373. The van der Waals surface area contributed by atoms with Gasteiger partial charge in [0, 0.05) is 13.1 Å². The molecule has 3 heteroatoms. The molecule has 0 bridgehead atoms. The molecule has 0 radical (unpaired) electrons. The second-order valence-electron chi connectivity index (χ2n) is 4.96. The molecule has 1 fully saturated rings. The maximum atomic E-state index is 11.1. The van der Waals surface area contributed by atoms with Crippen LogP contribution in [0.3, 0.4) is 0 Å². The van der Waals surface area contributed by atoms with E-state index in [9.17, 15) is 9.90 Å². The molecule has 1 saturated carbocycles. The predicted molar refractivity (Wildman–Crippen MR) is 66.6 cm³/mol. The van der Waals surface area contributed by atoms with E-state index in [4.69, 9.17) is 0 Å². The molecule has 0 heterocycles. The SMILES string of the molecule is CN(Cc1ccccc1)CC(C(=O)O)C1CC1. The molecule has 1 aliphatic carbocycles. The first kappa shape index (κ1) is 12.1. The Balaban J connectivity index is 1.87. The summed E-state index contributed by atoms with van der Waals surface area (Å²) < 4.78 is 0. The lowest BCUT2D eigenvalue weighted by Gasteiger charge is -2.21. The number of benzene rings is 1. The second-order valence-corrected chi connectivity index (χ2v) is 4.96. The Kier molecular flexibility index (Phi) is 3.79. The van der Waals surface area contributed by atoms with Gasteiger partial charge in [-0.1, -0.05) is 30.3 Å². The van der Waals surface area contributed by atoms with Crippen molar-refractivity contribution in [2.24, 2.45) is 11.8 Å². The fraction of sp³-hybridized carbons (Fsp3) is 0.500. The Hall–Kier alpha value is -1.35. The highest BCUT2D eigenvalue weighted by Crippen LogP contribution is 2.37. The molecule has 92 valence electrons. The molecule has 2 rings (SSSR count). The van der Waals surface area contributed by atoms with Gasteiger partial charge in [-0.25, -0.2) is 0 Å². The highest BCUT2D eigenvalue weighted by molar-refractivity contribution is 5.71. The van der Waals surface area contributed by atoms with Crippen molar-refractivity contribution in [3.63, 3.8) is 0 Å². The summed E-state index contributed by atoms with van der Waals surface area (Å²) in [6, 6.07) is 10.2. The van der Waals surface area contributed by atoms with Crippen molar-refractivity contribution in [3.05, 3.63) is 35.9 Å². The molecule has 1 aliphatic rings. The van der Waals surface area contributed by atoms with Crippen molar-refractivity contribution in [1.82, 2.24) is 4.90 Å². The largest absolute Gasteiger partial charge is 0.481 e. The van der Waals surface area contributed by atoms with E-state index < -0.39 is 5.97 Å². The smallest absolute Gasteiger partial charge is 0.308 e. The molecule has 0 amide bonds. The van der Waals surface area contributed by atoms with E-state index in [0.717, 1.165) is 19.4 Å². The number of carboxylic acid groups (broad SMARTS) is 1. The van der Waals surface area contributed by atoms with Gasteiger partial charge in [0.1, 0.15) is 0 Å². The monoisotopic (exact) mass is 233 g/mol. The first-order chi connectivity index (χ1) is 8.16. The van der Waals surface area contributed by atoms with Crippen molar-refractivity contribution in [2.75, 3.05) is 13.6 Å². The normalized spacial score (nSPS) is 17.1. The van der Waals surface area contributed by atoms with E-state index in [0.29, 0.717) is 12.5 Å². The number of rotatable bonds is 6. The summed E-state index contributed by atoms with van der Waals surface area (Å²) in [5.41, 5.74) is 1.23. The summed E-state index contributed by atoms with van der Waals surface area (Å²) in [6.07, 6.45) is 2.16. The van der Waals surface area contributed by atoms with Crippen LogP contribution < -0.4 is 0 Å². The van der Waals surface area contributed by atoms with Gasteiger partial charge < -0.3 is 10.0 Å². The van der Waals surface area contributed by atoms with E-state index in [-0.39, 0.29) is 5.92 Å². The summed E-state index contributed by atoms with van der Waals surface area (Å²) in [4.78, 5) is 13.2. The second kappa shape index (κ2) is 5.32. The maximum Gasteiger partial charge on any atom is 0.308 e. The molecular formula is C14H19NO2. The van der Waals surface area contributed by atoms with Crippen LogP contribution in [0.5, 0.6) is 0 Å². The van der Waals surface area contributed by atoms with Crippen LogP contribution in [-0.2, 0) is 11.3 Å². The van der Waals surface area contributed by atoms with Gasteiger partial charge >= 0.3 is 5.97 Å². The third-order valence-electron chi connectivity index (χ3n) is 3.31. The zero-order valence-electron chi connectivity index (χ0n) is 10.2. The minimum absolute atomic E-state index is 0.191. The molecule has 0 spiro atoms. The van der Waals surface area contributed by atoms with Crippen LogP contribution in [0.2, 0.25) is 0 Å². The molecule has 1 unspecified atom stereocenters. The van der Waals surface area contributed by atoms with Crippen molar-refractivity contribution in [1.29, 1.82) is 0 Å². The minimum atomic E-state index is -0.646. The number of carbonyl (C=O) groups is 1. The van der Waals surface area contributed by atoms with Crippen molar-refractivity contribution in [3.8, 4) is 0 Å². The highest BCUT2D eigenvalue weighted by atomic mass is 16.4. The molecule has 0 saturated heterocycles. The van der Waals surface area contributed by atoms with Gasteiger partial charge in [0.15, 0.2) is 0 Å². The summed E-state index contributed by atoms with van der Waals surface area (Å²) in [6.45, 7) is 1.46. The summed E-state index contributed by atoms with van der Waals surface area (Å²) >= 11 is 0. The first-order valence-electron chi connectivity index (χ1n) is 6.12. The predicted octanol–water partition coefficient (Wildman–Crippen LogP) is 2.23. The standard InChI is InChI=1S/C14H19NO2/c1-15(9-11-5-3-2-4-6-11)10-13(14(16)17)12-7-8-12/h2-6,12-13H,7-10H2,1H3,(H,16,17). The fourth-order valence-electron chi connectivity index (χ4n) is 2.22. The first-order valence-corrected chi connectivity index (χ1v) is 6.12. The quantitative estimate of drug-likeness (QED) is 0.819. The number of carboxylic acids is 1. The van der Waals surface area contributed by atoms with Gasteiger partial charge in [0.2, 0.25) is 0 Å². The van der Waals surface area contributed by atoms with E-state index in [2.05, 4.69) is 17.0 Å². The number of hydrogen-bond donors (Lipinski definition) is 1. The molecular weight excluding hydrogens is 214 g/mol. The van der Waals surface area contributed by atoms with Crippen LogP contribution >= 0.6 is 0 Å². The lowest BCUT2D eigenvalue weighted by molar-refractivity contribution is -0.143. The van der Waals surface area contributed by atoms with Gasteiger partial charge in [-0.15, -0.1) is 0 Å². The average Bonchev–Trinajstić information content (AvgIpc) is 3.11. The lowest BCUT2D eigenvalue weighted by Crippen LogP contribution is -2.31. The Labute approximate surface area is 102 Å². The van der Waals surface area contributed by atoms with Gasteiger partial charge in [-0.2, -0.15) is 0 Å². The van der Waals surface area contributed by atoms with Crippen molar-refractivity contribution < 1.29 is 9.90 Å². The zero-order chi connectivity index (χ0) is 12.3. The number of aliphatic carboxylic acids is 1. The maximum absolute atomic E-state index is 11.1. The van der Waals surface area contributed by atoms with Crippen LogP contribution in [0.4, 0.5) is 0 Å². The van der Waals surface area contributed by atoms with E-state index >= 15 is 0 Å². The van der Waals surface area contributed by atoms with E-state index in [1.807, 2.05) is 25.2 Å². The number of hydrogen-bond acceptors (Lipinski definition) is 2. The molecule has 1 N–H and O–H groups in total. The third-order valence-corrected chi connectivity index (χ3v) is 3.31. The van der Waals surface area contributed by atoms with Crippen LogP contribution in [0.1, 0.15) is 18.4 Å². The number of nitrogens with zero attached hydrogens (tertiary/aromatic N) is 1. The van der Waals surface area contributed by atoms with E-state index in [1.165, 1.54) is 5.56 Å². The zero-order valence-corrected chi connectivity index (χ0v) is 10.2. The third kappa shape index (κ3) is 3.56. The van der Waals surface area contributed by atoms with Crippen LogP contribution in [0.25, 0.3) is 0 Å².